The Labute approximate surface area is 124 Å². The lowest BCUT2D eigenvalue weighted by Gasteiger charge is -2.25. The lowest BCUT2D eigenvalue weighted by atomic mass is 10.0. The van der Waals surface area contributed by atoms with E-state index in [2.05, 4.69) is 46.2 Å². The number of aromatic amines is 1. The number of aromatic nitrogens is 2. The molecule has 0 aromatic carbocycles. The average molecular weight is 286 g/mol. The summed E-state index contributed by atoms with van der Waals surface area (Å²) >= 11 is 5.47. The molecule has 4 nitrogen and oxygen atoms in total. The van der Waals surface area contributed by atoms with Gasteiger partial charge in [-0.3, -0.25) is 4.98 Å². The van der Waals surface area contributed by atoms with Crippen LogP contribution < -0.4 is 5.32 Å². The first-order valence-corrected chi connectivity index (χ1v) is 7.25. The van der Waals surface area contributed by atoms with Gasteiger partial charge in [-0.15, -0.1) is 0 Å². The predicted molar refractivity (Wildman–Crippen MR) is 83.4 cm³/mol. The number of hydrogen-bond acceptors (Lipinski definition) is 2. The lowest BCUT2D eigenvalue weighted by Crippen LogP contribution is -2.29. The molecule has 0 bridgehead atoms. The van der Waals surface area contributed by atoms with Crippen LogP contribution in [0.3, 0.4) is 0 Å². The standard InChI is InChI=1S/C15H18N4S/c1-3-19-14(12-8-7-10(2)17-12)13(18-15(19)20)11-6-4-5-9-16-11/h4-9,13-14,17H,3H2,1-2H3,(H,18,20)/t13-,14+/m0/s1. The van der Waals surface area contributed by atoms with Gasteiger partial charge < -0.3 is 15.2 Å². The van der Waals surface area contributed by atoms with Crippen LogP contribution in [-0.4, -0.2) is 26.5 Å². The number of nitrogens with zero attached hydrogens (tertiary/aromatic N) is 2. The lowest BCUT2D eigenvalue weighted by molar-refractivity contribution is 0.325. The zero-order valence-electron chi connectivity index (χ0n) is 11.6. The average Bonchev–Trinajstić information content (AvgIpc) is 3.03. The van der Waals surface area contributed by atoms with E-state index in [0.717, 1.165) is 23.0 Å². The quantitative estimate of drug-likeness (QED) is 0.852. The number of nitrogens with one attached hydrogen (secondary N) is 2. The maximum absolute atomic E-state index is 5.47. The van der Waals surface area contributed by atoms with E-state index >= 15 is 0 Å². The molecule has 2 N–H and O–H groups in total. The van der Waals surface area contributed by atoms with Gasteiger partial charge in [0.05, 0.1) is 17.8 Å². The van der Waals surface area contributed by atoms with Crippen LogP contribution >= 0.6 is 12.2 Å². The minimum atomic E-state index is 0.0849. The number of thiocarbonyl (C=S) groups is 1. The Morgan fingerprint density at radius 1 is 1.30 bits per heavy atom. The zero-order chi connectivity index (χ0) is 14.1. The summed E-state index contributed by atoms with van der Waals surface area (Å²) in [5.74, 6) is 0. The maximum atomic E-state index is 5.47. The first kappa shape index (κ1) is 13.1. The molecule has 1 aliphatic rings. The summed E-state index contributed by atoms with van der Waals surface area (Å²) < 4.78 is 0. The third-order valence-electron chi connectivity index (χ3n) is 3.71. The molecule has 3 heterocycles. The molecule has 0 spiro atoms. The van der Waals surface area contributed by atoms with Crippen LogP contribution in [0.2, 0.25) is 0 Å². The van der Waals surface area contributed by atoms with Gasteiger partial charge in [0.15, 0.2) is 5.11 Å². The highest BCUT2D eigenvalue weighted by Crippen LogP contribution is 2.37. The van der Waals surface area contributed by atoms with E-state index < -0.39 is 0 Å². The predicted octanol–water partition coefficient (Wildman–Crippen LogP) is 2.71. The van der Waals surface area contributed by atoms with Gasteiger partial charge in [0.25, 0.3) is 0 Å². The van der Waals surface area contributed by atoms with E-state index in [1.807, 2.05) is 24.4 Å². The first-order valence-electron chi connectivity index (χ1n) is 6.84. The van der Waals surface area contributed by atoms with E-state index in [1.165, 1.54) is 5.69 Å². The second kappa shape index (κ2) is 5.25. The Morgan fingerprint density at radius 3 is 2.75 bits per heavy atom. The number of likely N-dealkylation sites (N-methyl/N-ethyl adjacent to an activating group) is 1. The Balaban J connectivity index is 2.02. The smallest absolute Gasteiger partial charge is 0.170 e. The second-order valence-electron chi connectivity index (χ2n) is 5.01. The Morgan fingerprint density at radius 2 is 2.15 bits per heavy atom. The normalized spacial score (nSPS) is 22.1. The monoisotopic (exact) mass is 286 g/mol. The molecule has 0 radical (unpaired) electrons. The van der Waals surface area contributed by atoms with Crippen LogP contribution in [0.25, 0.3) is 0 Å². The van der Waals surface area contributed by atoms with Crippen molar-refractivity contribution in [3.8, 4) is 0 Å². The maximum Gasteiger partial charge on any atom is 0.170 e. The zero-order valence-corrected chi connectivity index (χ0v) is 12.4. The SMILES string of the molecule is CCN1C(=S)N[C@@H](c2ccccn2)[C@H]1c1ccc(C)[nH]1. The highest BCUT2D eigenvalue weighted by atomic mass is 32.1. The van der Waals surface area contributed by atoms with Gasteiger partial charge in [-0.25, -0.2) is 0 Å². The topological polar surface area (TPSA) is 44.0 Å². The number of H-pyrrole nitrogens is 1. The summed E-state index contributed by atoms with van der Waals surface area (Å²) in [4.78, 5) is 10.1. The summed E-state index contributed by atoms with van der Waals surface area (Å²) in [6.07, 6.45) is 1.83. The number of hydrogen-bond donors (Lipinski definition) is 2. The van der Waals surface area contributed by atoms with E-state index in [4.69, 9.17) is 12.2 Å². The summed E-state index contributed by atoms with van der Waals surface area (Å²) in [7, 11) is 0. The van der Waals surface area contributed by atoms with Crippen molar-refractivity contribution in [2.75, 3.05) is 6.54 Å². The molecular formula is C15H18N4S. The highest BCUT2D eigenvalue weighted by Gasteiger charge is 2.39. The van der Waals surface area contributed by atoms with Gasteiger partial charge in [-0.1, -0.05) is 6.07 Å². The van der Waals surface area contributed by atoms with Crippen molar-refractivity contribution in [3.63, 3.8) is 0 Å². The molecule has 2 aromatic rings. The number of rotatable bonds is 3. The van der Waals surface area contributed by atoms with Crippen molar-refractivity contribution in [2.24, 2.45) is 0 Å². The van der Waals surface area contributed by atoms with Crippen molar-refractivity contribution in [1.82, 2.24) is 20.2 Å². The summed E-state index contributed by atoms with van der Waals surface area (Å²) in [6, 6.07) is 10.5. The minimum absolute atomic E-state index is 0.0849. The third-order valence-corrected chi connectivity index (χ3v) is 4.06. The molecular weight excluding hydrogens is 268 g/mol. The van der Waals surface area contributed by atoms with Crippen LogP contribution in [-0.2, 0) is 0 Å². The second-order valence-corrected chi connectivity index (χ2v) is 5.40. The van der Waals surface area contributed by atoms with Crippen LogP contribution in [0.15, 0.2) is 36.5 Å². The van der Waals surface area contributed by atoms with Crippen molar-refractivity contribution >= 4 is 17.3 Å². The molecule has 0 amide bonds. The Bertz CT molecular complexity index is 607. The summed E-state index contributed by atoms with van der Waals surface area (Å²) in [5, 5.41) is 4.20. The van der Waals surface area contributed by atoms with Gasteiger partial charge in [0, 0.05) is 24.1 Å². The molecule has 1 fully saturated rings. The Kier molecular flexibility index (Phi) is 3.44. The van der Waals surface area contributed by atoms with E-state index in [1.54, 1.807) is 0 Å². The molecule has 0 aliphatic carbocycles. The van der Waals surface area contributed by atoms with E-state index in [-0.39, 0.29) is 12.1 Å². The molecule has 0 unspecified atom stereocenters. The molecule has 20 heavy (non-hydrogen) atoms. The Hall–Kier alpha value is -1.88. The third kappa shape index (κ3) is 2.18. The van der Waals surface area contributed by atoms with E-state index in [9.17, 15) is 0 Å². The van der Waals surface area contributed by atoms with Crippen LogP contribution in [0.4, 0.5) is 0 Å². The fraction of sp³-hybridized carbons (Fsp3) is 0.333. The van der Waals surface area contributed by atoms with E-state index in [0.29, 0.717) is 0 Å². The minimum Gasteiger partial charge on any atom is -0.361 e. The highest BCUT2D eigenvalue weighted by molar-refractivity contribution is 7.80. The van der Waals surface area contributed by atoms with Gasteiger partial charge >= 0.3 is 0 Å². The van der Waals surface area contributed by atoms with Gasteiger partial charge in [-0.2, -0.15) is 0 Å². The van der Waals surface area contributed by atoms with Crippen LogP contribution in [0.1, 0.15) is 36.1 Å². The molecule has 104 valence electrons. The fourth-order valence-corrected chi connectivity index (χ4v) is 3.15. The molecule has 1 saturated heterocycles. The molecule has 5 heteroatoms. The van der Waals surface area contributed by atoms with Gasteiger partial charge in [-0.05, 0) is 50.3 Å². The van der Waals surface area contributed by atoms with Crippen LogP contribution in [0.5, 0.6) is 0 Å². The largest absolute Gasteiger partial charge is 0.361 e. The van der Waals surface area contributed by atoms with Gasteiger partial charge in [0.1, 0.15) is 0 Å². The van der Waals surface area contributed by atoms with Crippen molar-refractivity contribution in [2.45, 2.75) is 25.9 Å². The molecule has 0 saturated carbocycles. The molecule has 3 rings (SSSR count). The summed E-state index contributed by atoms with van der Waals surface area (Å²) in [6.45, 7) is 5.06. The van der Waals surface area contributed by atoms with Crippen molar-refractivity contribution in [3.05, 3.63) is 53.6 Å². The van der Waals surface area contributed by atoms with Crippen molar-refractivity contribution in [1.29, 1.82) is 0 Å². The number of pyridine rings is 1. The first-order chi connectivity index (χ1) is 9.70. The molecule has 2 aromatic heterocycles. The number of aryl methyl sites for hydroxylation is 1. The molecule has 2 atom stereocenters. The fourth-order valence-electron chi connectivity index (χ4n) is 2.78. The van der Waals surface area contributed by atoms with Crippen molar-refractivity contribution < 1.29 is 0 Å². The summed E-state index contributed by atoms with van der Waals surface area (Å²) in [5.41, 5.74) is 3.35. The van der Waals surface area contributed by atoms with Crippen LogP contribution in [0, 0.1) is 6.92 Å². The molecule has 1 aliphatic heterocycles. The van der Waals surface area contributed by atoms with Gasteiger partial charge in [0.2, 0.25) is 0 Å².